The minimum absolute atomic E-state index is 0.169. The predicted molar refractivity (Wildman–Crippen MR) is 114 cm³/mol. The number of carbonyl (C=O) groups excluding carboxylic acids is 1. The topological polar surface area (TPSA) is 116 Å². The fraction of sp³-hybridized carbons (Fsp3) is 0.286. The van der Waals surface area contributed by atoms with Gasteiger partial charge in [0.1, 0.15) is 0 Å². The Bertz CT molecular complexity index is 1090. The maximum atomic E-state index is 12.7. The number of amides is 1. The zero-order chi connectivity index (χ0) is 21.9. The lowest BCUT2D eigenvalue weighted by atomic mass is 9.97. The smallest absolute Gasteiger partial charge is 0.303 e. The number of hydrazone groups is 1. The molecule has 30 heavy (non-hydrogen) atoms. The van der Waals surface area contributed by atoms with Crippen LogP contribution in [0.25, 0.3) is 0 Å². The number of carboxylic acids is 1. The molecule has 2 N–H and O–H groups in total. The van der Waals surface area contributed by atoms with E-state index in [4.69, 9.17) is 5.11 Å². The number of benzene rings is 2. The lowest BCUT2D eigenvalue weighted by Crippen LogP contribution is -2.27. The molecule has 158 valence electrons. The highest BCUT2D eigenvalue weighted by molar-refractivity contribution is 7.92. The Balaban J connectivity index is 1.98. The van der Waals surface area contributed by atoms with Crippen molar-refractivity contribution in [3.63, 3.8) is 0 Å². The molecule has 1 aliphatic rings. The third-order valence-corrected chi connectivity index (χ3v) is 5.30. The van der Waals surface area contributed by atoms with Gasteiger partial charge in [-0.2, -0.15) is 5.10 Å². The standard InChI is InChI=1S/C21H23N3O5S/c1-14-7-9-15(10-8-14)19-13-18(22-24(19)20(25)11-12-21(26)27)16-5-3-4-6-17(16)23-30(2,28)29/h3-10,19,23H,11-13H2,1-2H3,(H,26,27)/t19-/m0/s1. The zero-order valence-corrected chi connectivity index (χ0v) is 17.5. The third-order valence-electron chi connectivity index (χ3n) is 4.71. The van der Waals surface area contributed by atoms with Crippen molar-refractivity contribution in [2.75, 3.05) is 11.0 Å². The summed E-state index contributed by atoms with van der Waals surface area (Å²) in [4.78, 5) is 23.6. The fourth-order valence-electron chi connectivity index (χ4n) is 3.30. The second kappa shape index (κ2) is 8.66. The highest BCUT2D eigenvalue weighted by atomic mass is 32.2. The Morgan fingerprint density at radius 2 is 1.80 bits per heavy atom. The average Bonchev–Trinajstić information content (AvgIpc) is 3.11. The van der Waals surface area contributed by atoms with Crippen molar-refractivity contribution in [3.05, 3.63) is 65.2 Å². The Kier molecular flexibility index (Phi) is 6.21. The number of sulfonamides is 1. The molecule has 8 nitrogen and oxygen atoms in total. The van der Waals surface area contributed by atoms with Gasteiger partial charge in [0, 0.05) is 18.4 Å². The highest BCUT2D eigenvalue weighted by Crippen LogP contribution is 2.35. The molecule has 0 aliphatic carbocycles. The summed E-state index contributed by atoms with van der Waals surface area (Å²) in [7, 11) is -3.50. The summed E-state index contributed by atoms with van der Waals surface area (Å²) < 4.78 is 26.0. The first-order valence-corrected chi connectivity index (χ1v) is 11.3. The molecule has 0 fully saturated rings. The lowest BCUT2D eigenvalue weighted by Gasteiger charge is -2.22. The highest BCUT2D eigenvalue weighted by Gasteiger charge is 2.33. The first kappa shape index (κ1) is 21.5. The molecule has 2 aromatic carbocycles. The number of rotatable bonds is 7. The molecule has 0 aromatic heterocycles. The molecular weight excluding hydrogens is 406 g/mol. The van der Waals surface area contributed by atoms with Crippen molar-refractivity contribution in [1.29, 1.82) is 0 Å². The summed E-state index contributed by atoms with van der Waals surface area (Å²) in [5, 5.41) is 14.7. The van der Waals surface area contributed by atoms with Crippen LogP contribution in [0.15, 0.2) is 53.6 Å². The number of aryl methyl sites for hydroxylation is 1. The summed E-state index contributed by atoms with van der Waals surface area (Å²) >= 11 is 0. The molecule has 0 unspecified atom stereocenters. The first-order chi connectivity index (χ1) is 14.1. The molecule has 0 radical (unpaired) electrons. The van der Waals surface area contributed by atoms with Crippen LogP contribution in [0, 0.1) is 6.92 Å². The van der Waals surface area contributed by atoms with E-state index in [1.54, 1.807) is 24.3 Å². The molecule has 1 aliphatic heterocycles. The predicted octanol–water partition coefficient (Wildman–Crippen LogP) is 2.91. The number of nitrogens with zero attached hydrogens (tertiary/aromatic N) is 2. The SMILES string of the molecule is Cc1ccc([C@@H]2CC(c3ccccc3NS(C)(=O)=O)=NN2C(=O)CCC(=O)O)cc1. The minimum Gasteiger partial charge on any atom is -0.481 e. The van der Waals surface area contributed by atoms with Crippen molar-refractivity contribution in [3.8, 4) is 0 Å². The van der Waals surface area contributed by atoms with Gasteiger partial charge in [-0.1, -0.05) is 48.0 Å². The van der Waals surface area contributed by atoms with Crippen LogP contribution in [0.2, 0.25) is 0 Å². The van der Waals surface area contributed by atoms with Crippen LogP contribution >= 0.6 is 0 Å². The zero-order valence-electron chi connectivity index (χ0n) is 16.7. The maximum Gasteiger partial charge on any atom is 0.303 e. The van der Waals surface area contributed by atoms with Gasteiger partial charge < -0.3 is 5.11 Å². The number of carbonyl (C=O) groups is 2. The van der Waals surface area contributed by atoms with Gasteiger partial charge in [-0.25, -0.2) is 13.4 Å². The van der Waals surface area contributed by atoms with Gasteiger partial charge in [0.15, 0.2) is 0 Å². The van der Waals surface area contributed by atoms with E-state index in [0.29, 0.717) is 23.4 Å². The van der Waals surface area contributed by atoms with E-state index in [-0.39, 0.29) is 12.8 Å². The van der Waals surface area contributed by atoms with Crippen LogP contribution in [0.5, 0.6) is 0 Å². The van der Waals surface area contributed by atoms with E-state index in [2.05, 4.69) is 9.82 Å². The third kappa shape index (κ3) is 5.24. The number of anilines is 1. The molecule has 0 saturated carbocycles. The molecule has 3 rings (SSSR count). The molecule has 2 aromatic rings. The Morgan fingerprint density at radius 3 is 2.43 bits per heavy atom. The molecule has 1 atom stereocenters. The maximum absolute atomic E-state index is 12.7. The van der Waals surface area contributed by atoms with Crippen LogP contribution in [0.3, 0.4) is 0 Å². The van der Waals surface area contributed by atoms with E-state index >= 15 is 0 Å². The molecular formula is C21H23N3O5S. The number of para-hydroxylation sites is 1. The minimum atomic E-state index is -3.50. The molecule has 1 amide bonds. The Hall–Kier alpha value is -3.20. The number of hydrogen-bond donors (Lipinski definition) is 2. The second-order valence-corrected chi connectivity index (χ2v) is 8.98. The van der Waals surface area contributed by atoms with Crippen molar-refractivity contribution >= 4 is 33.3 Å². The Morgan fingerprint density at radius 1 is 1.13 bits per heavy atom. The fourth-order valence-corrected chi connectivity index (χ4v) is 3.88. The molecule has 0 saturated heterocycles. The van der Waals surface area contributed by atoms with Crippen molar-refractivity contribution in [2.45, 2.75) is 32.2 Å². The summed E-state index contributed by atoms with van der Waals surface area (Å²) in [6.45, 7) is 1.96. The van der Waals surface area contributed by atoms with Gasteiger partial charge in [-0.3, -0.25) is 14.3 Å². The van der Waals surface area contributed by atoms with E-state index in [0.717, 1.165) is 17.4 Å². The molecule has 0 spiro atoms. The number of aliphatic carboxylic acids is 1. The van der Waals surface area contributed by atoms with Gasteiger partial charge in [-0.15, -0.1) is 0 Å². The summed E-state index contributed by atoms with van der Waals surface area (Å²) in [6, 6.07) is 14.2. The second-order valence-electron chi connectivity index (χ2n) is 7.23. The van der Waals surface area contributed by atoms with Crippen LogP contribution in [-0.4, -0.2) is 42.4 Å². The van der Waals surface area contributed by atoms with Crippen molar-refractivity contribution in [1.82, 2.24) is 5.01 Å². The van der Waals surface area contributed by atoms with E-state index in [1.165, 1.54) is 5.01 Å². The average molecular weight is 429 g/mol. The van der Waals surface area contributed by atoms with Crippen LogP contribution in [0.4, 0.5) is 5.69 Å². The summed E-state index contributed by atoms with van der Waals surface area (Å²) in [5.41, 5.74) is 3.45. The van der Waals surface area contributed by atoms with Gasteiger partial charge in [-0.05, 0) is 18.6 Å². The normalized spacial score (nSPS) is 16.3. The van der Waals surface area contributed by atoms with Gasteiger partial charge in [0.25, 0.3) is 0 Å². The van der Waals surface area contributed by atoms with Crippen LogP contribution < -0.4 is 4.72 Å². The molecule has 0 bridgehead atoms. The van der Waals surface area contributed by atoms with E-state index < -0.39 is 27.9 Å². The van der Waals surface area contributed by atoms with Crippen LogP contribution in [0.1, 0.15) is 42.0 Å². The van der Waals surface area contributed by atoms with Crippen LogP contribution in [-0.2, 0) is 19.6 Å². The largest absolute Gasteiger partial charge is 0.481 e. The summed E-state index contributed by atoms with van der Waals surface area (Å²) in [5.74, 6) is -1.45. The number of hydrogen-bond acceptors (Lipinski definition) is 5. The number of carboxylic acid groups (broad SMARTS) is 1. The van der Waals surface area contributed by atoms with Crippen molar-refractivity contribution < 1.29 is 23.1 Å². The monoisotopic (exact) mass is 429 g/mol. The number of nitrogens with one attached hydrogen (secondary N) is 1. The van der Waals surface area contributed by atoms with Gasteiger partial charge in [0.2, 0.25) is 15.9 Å². The van der Waals surface area contributed by atoms with E-state index in [1.807, 2.05) is 31.2 Å². The quantitative estimate of drug-likeness (QED) is 0.702. The van der Waals surface area contributed by atoms with Crippen molar-refractivity contribution in [2.24, 2.45) is 5.10 Å². The van der Waals surface area contributed by atoms with Gasteiger partial charge >= 0.3 is 5.97 Å². The van der Waals surface area contributed by atoms with E-state index in [9.17, 15) is 18.0 Å². The lowest BCUT2D eigenvalue weighted by molar-refractivity contribution is -0.141. The first-order valence-electron chi connectivity index (χ1n) is 9.39. The van der Waals surface area contributed by atoms with Gasteiger partial charge in [0.05, 0.1) is 30.1 Å². The molecule has 1 heterocycles. The molecule has 9 heteroatoms. The summed E-state index contributed by atoms with van der Waals surface area (Å²) in [6.07, 6.45) is 0.992. The Labute approximate surface area is 175 Å².